The summed E-state index contributed by atoms with van der Waals surface area (Å²) in [5.74, 6) is -2.14. The van der Waals surface area contributed by atoms with Crippen molar-refractivity contribution in [1.29, 1.82) is 0 Å². The Morgan fingerprint density at radius 2 is 1.90 bits per heavy atom. The molecule has 0 bridgehead atoms. The van der Waals surface area contributed by atoms with Gasteiger partial charge in [0, 0.05) is 0 Å². The van der Waals surface area contributed by atoms with Crippen molar-refractivity contribution in [3.05, 3.63) is 0 Å². The van der Waals surface area contributed by atoms with E-state index in [1.165, 1.54) is 0 Å². The highest BCUT2D eigenvalue weighted by Gasteiger charge is 2.16. The van der Waals surface area contributed by atoms with Crippen LogP contribution in [0.25, 0.3) is 0 Å². The van der Waals surface area contributed by atoms with Crippen LogP contribution in [0, 0.1) is 0 Å². The largest absolute Gasteiger partial charge is 0.481 e. The molecule has 0 fully saturated rings. The van der Waals surface area contributed by atoms with Crippen LogP contribution >= 0.6 is 0 Å². The molecule has 0 aliphatic heterocycles. The number of aliphatic hydroxyl groups is 2. The third kappa shape index (κ3) is 3.16. The number of aliphatic hydroxyl groups excluding tert-OH is 2. The number of carbonyl (C=O) groups is 2. The van der Waals surface area contributed by atoms with Crippen molar-refractivity contribution >= 4 is 11.8 Å². The maximum Gasteiger partial charge on any atom is 0.306 e. The third-order valence-electron chi connectivity index (χ3n) is 0.895. The molecule has 0 rings (SSSR count). The topological polar surface area (TPSA) is 94.8 Å². The first kappa shape index (κ1) is 9.06. The summed E-state index contributed by atoms with van der Waals surface area (Å²) < 4.78 is 0. The molecule has 0 aromatic carbocycles. The van der Waals surface area contributed by atoms with E-state index in [-0.39, 0.29) is 0 Å². The van der Waals surface area contributed by atoms with Gasteiger partial charge in [0.05, 0.1) is 6.42 Å². The summed E-state index contributed by atoms with van der Waals surface area (Å²) in [5.41, 5.74) is 0. The van der Waals surface area contributed by atoms with Gasteiger partial charge in [-0.05, 0) is 0 Å². The first-order valence-corrected chi connectivity index (χ1v) is 2.61. The van der Waals surface area contributed by atoms with Crippen molar-refractivity contribution in [2.45, 2.75) is 12.5 Å². The first-order chi connectivity index (χ1) is 4.57. The highest BCUT2D eigenvalue weighted by molar-refractivity contribution is 5.87. The maximum absolute atomic E-state index is 10.3. The molecule has 5 heteroatoms. The Bertz CT molecular complexity index is 141. The molecule has 0 saturated carbocycles. The molecule has 0 spiro atoms. The molecule has 0 radical (unpaired) electrons. The summed E-state index contributed by atoms with van der Waals surface area (Å²) in [6.07, 6.45) is -2.23. The summed E-state index contributed by atoms with van der Waals surface area (Å²) in [5, 5.41) is 24.7. The van der Waals surface area contributed by atoms with Crippen LogP contribution in [0.1, 0.15) is 6.42 Å². The summed E-state index contributed by atoms with van der Waals surface area (Å²) in [4.78, 5) is 20.1. The van der Waals surface area contributed by atoms with Gasteiger partial charge >= 0.3 is 5.97 Å². The molecule has 3 N–H and O–H groups in total. The average Bonchev–Trinajstić information content (AvgIpc) is 1.85. The highest BCUT2D eigenvalue weighted by Crippen LogP contribution is 1.91. The molecule has 10 heavy (non-hydrogen) atoms. The first-order valence-electron chi connectivity index (χ1n) is 2.61. The Kier molecular flexibility index (Phi) is 3.60. The molecular weight excluding hydrogens is 140 g/mol. The molecule has 0 aromatic heterocycles. The van der Waals surface area contributed by atoms with Crippen LogP contribution in [0.15, 0.2) is 0 Å². The van der Waals surface area contributed by atoms with Gasteiger partial charge in [-0.1, -0.05) is 0 Å². The van der Waals surface area contributed by atoms with E-state index in [1.807, 2.05) is 0 Å². The molecule has 1 unspecified atom stereocenters. The Morgan fingerprint density at radius 1 is 1.40 bits per heavy atom. The molecule has 0 amide bonds. The summed E-state index contributed by atoms with van der Waals surface area (Å²) in [7, 11) is 0. The number of hydrogen-bond acceptors (Lipinski definition) is 4. The van der Waals surface area contributed by atoms with Crippen molar-refractivity contribution in [3.63, 3.8) is 0 Å². The predicted molar refractivity (Wildman–Crippen MR) is 30.4 cm³/mol. The van der Waals surface area contributed by atoms with Crippen molar-refractivity contribution in [2.75, 3.05) is 6.61 Å². The minimum absolute atomic E-state index is 0.653. The van der Waals surface area contributed by atoms with Crippen LogP contribution < -0.4 is 0 Å². The SMILES string of the molecule is O=C(O)CC(O)C(=O)CO. The minimum Gasteiger partial charge on any atom is -0.481 e. The van der Waals surface area contributed by atoms with Crippen LogP contribution in [0.5, 0.6) is 0 Å². The van der Waals surface area contributed by atoms with Gasteiger partial charge in [0.2, 0.25) is 0 Å². The number of aliphatic carboxylic acids is 1. The number of ketones is 1. The molecule has 0 aliphatic carbocycles. The van der Waals surface area contributed by atoms with Crippen LogP contribution in [0.4, 0.5) is 0 Å². The number of carbonyl (C=O) groups excluding carboxylic acids is 1. The predicted octanol–water partition coefficient (Wildman–Crippen LogP) is -1.62. The van der Waals surface area contributed by atoms with E-state index in [9.17, 15) is 9.59 Å². The van der Waals surface area contributed by atoms with Crippen LogP contribution in [0.2, 0.25) is 0 Å². The van der Waals surface area contributed by atoms with E-state index in [0.29, 0.717) is 0 Å². The Morgan fingerprint density at radius 3 is 2.20 bits per heavy atom. The van der Waals surface area contributed by atoms with Gasteiger partial charge in [0.1, 0.15) is 12.7 Å². The van der Waals surface area contributed by atoms with Gasteiger partial charge in [-0.25, -0.2) is 0 Å². The fraction of sp³-hybridized carbons (Fsp3) is 0.600. The van der Waals surface area contributed by atoms with Gasteiger partial charge < -0.3 is 15.3 Å². The molecule has 0 saturated heterocycles. The zero-order chi connectivity index (χ0) is 8.15. The lowest BCUT2D eigenvalue weighted by atomic mass is 10.2. The van der Waals surface area contributed by atoms with E-state index in [2.05, 4.69) is 0 Å². The van der Waals surface area contributed by atoms with Crippen molar-refractivity contribution in [1.82, 2.24) is 0 Å². The minimum atomic E-state index is -1.58. The van der Waals surface area contributed by atoms with E-state index in [0.717, 1.165) is 0 Å². The molecule has 5 nitrogen and oxygen atoms in total. The molecule has 0 aromatic rings. The van der Waals surface area contributed by atoms with Crippen molar-refractivity contribution < 1.29 is 24.9 Å². The number of carboxylic acids is 1. The normalized spacial score (nSPS) is 12.6. The summed E-state index contributed by atoms with van der Waals surface area (Å²) in [6, 6.07) is 0. The van der Waals surface area contributed by atoms with Crippen molar-refractivity contribution in [3.8, 4) is 0 Å². The van der Waals surface area contributed by atoms with Crippen LogP contribution in [-0.2, 0) is 9.59 Å². The highest BCUT2D eigenvalue weighted by atomic mass is 16.4. The monoisotopic (exact) mass is 148 g/mol. The van der Waals surface area contributed by atoms with Gasteiger partial charge in [0.25, 0.3) is 0 Å². The Hall–Kier alpha value is -0.940. The lowest BCUT2D eigenvalue weighted by Crippen LogP contribution is -2.26. The van der Waals surface area contributed by atoms with E-state index in [1.54, 1.807) is 0 Å². The fourth-order valence-corrected chi connectivity index (χ4v) is 0.385. The second-order valence-corrected chi connectivity index (χ2v) is 1.74. The molecular formula is C5H8O5. The number of hydrogen-bond donors (Lipinski definition) is 3. The molecule has 1 atom stereocenters. The molecule has 0 aliphatic rings. The quantitative estimate of drug-likeness (QED) is 0.445. The van der Waals surface area contributed by atoms with Gasteiger partial charge in [-0.15, -0.1) is 0 Å². The van der Waals surface area contributed by atoms with Crippen molar-refractivity contribution in [2.24, 2.45) is 0 Å². The number of Topliss-reactive ketones (excluding diaryl/α,β-unsaturated/α-hetero) is 1. The summed E-state index contributed by atoms with van der Waals surface area (Å²) >= 11 is 0. The summed E-state index contributed by atoms with van der Waals surface area (Å²) in [6.45, 7) is -0.825. The standard InChI is InChI=1S/C5H8O5/c6-2-4(8)3(7)1-5(9)10/h3,6-7H,1-2H2,(H,9,10). The lowest BCUT2D eigenvalue weighted by molar-refractivity contribution is -0.143. The van der Waals surface area contributed by atoms with Gasteiger partial charge in [-0.2, -0.15) is 0 Å². The average molecular weight is 148 g/mol. The van der Waals surface area contributed by atoms with E-state index in [4.69, 9.17) is 15.3 Å². The van der Waals surface area contributed by atoms with Crippen LogP contribution in [0.3, 0.4) is 0 Å². The van der Waals surface area contributed by atoms with Gasteiger partial charge in [-0.3, -0.25) is 9.59 Å². The second kappa shape index (κ2) is 3.97. The zero-order valence-corrected chi connectivity index (χ0v) is 5.15. The second-order valence-electron chi connectivity index (χ2n) is 1.74. The van der Waals surface area contributed by atoms with E-state index < -0.39 is 30.9 Å². The molecule has 58 valence electrons. The number of carboxylic acid groups (broad SMARTS) is 1. The molecule has 0 heterocycles. The van der Waals surface area contributed by atoms with E-state index >= 15 is 0 Å². The Balaban J connectivity index is 3.72. The lowest BCUT2D eigenvalue weighted by Gasteiger charge is -2.02. The fourth-order valence-electron chi connectivity index (χ4n) is 0.385. The van der Waals surface area contributed by atoms with Crippen LogP contribution in [-0.4, -0.2) is 39.8 Å². The maximum atomic E-state index is 10.3. The zero-order valence-electron chi connectivity index (χ0n) is 5.15. The third-order valence-corrected chi connectivity index (χ3v) is 0.895. The van der Waals surface area contributed by atoms with Gasteiger partial charge in [0.15, 0.2) is 5.78 Å². The Labute approximate surface area is 56.9 Å². The number of rotatable bonds is 4. The smallest absolute Gasteiger partial charge is 0.306 e.